The van der Waals surface area contributed by atoms with Crippen LogP contribution >= 0.6 is 23.4 Å². The van der Waals surface area contributed by atoms with Gasteiger partial charge in [0.25, 0.3) is 0 Å². The zero-order valence-corrected chi connectivity index (χ0v) is 17.0. The minimum absolute atomic E-state index is 0.0512. The van der Waals surface area contributed by atoms with Gasteiger partial charge in [-0.05, 0) is 35.9 Å². The molecule has 2 aromatic carbocycles. The number of hydrogen-bond donors (Lipinski definition) is 1. The van der Waals surface area contributed by atoms with E-state index in [-0.39, 0.29) is 21.7 Å². The molecule has 0 bridgehead atoms. The molecular weight excluding hydrogens is 437 g/mol. The summed E-state index contributed by atoms with van der Waals surface area (Å²) in [6, 6.07) is 17.4. The molecule has 0 aliphatic carbocycles. The Kier molecular flexibility index (Phi) is 7.23. The molecule has 1 N–H and O–H groups in total. The van der Waals surface area contributed by atoms with Gasteiger partial charge in [0, 0.05) is 11.9 Å². The topological polar surface area (TPSA) is 51.2 Å². The summed E-state index contributed by atoms with van der Waals surface area (Å²) in [5, 5.41) is 2.71. The average molecular weight is 453 g/mol. The molecule has 3 rings (SSSR count). The van der Waals surface area contributed by atoms with Gasteiger partial charge in [-0.15, -0.1) is 0 Å². The minimum atomic E-state index is -4.52. The van der Waals surface area contributed by atoms with Gasteiger partial charge in [-0.2, -0.15) is 13.2 Å². The van der Waals surface area contributed by atoms with Crippen LogP contribution in [0.4, 0.5) is 18.9 Å². The molecule has 0 aliphatic heterocycles. The quantitative estimate of drug-likeness (QED) is 0.442. The number of alkyl halides is 3. The van der Waals surface area contributed by atoms with E-state index in [2.05, 4.69) is 10.3 Å². The molecule has 0 atom stereocenters. The number of anilines is 1. The predicted octanol–water partition coefficient (Wildman–Crippen LogP) is 6.06. The summed E-state index contributed by atoms with van der Waals surface area (Å²) in [6.07, 6.45) is -3.82. The van der Waals surface area contributed by atoms with E-state index in [4.69, 9.17) is 16.3 Å². The van der Waals surface area contributed by atoms with Gasteiger partial charge in [0.1, 0.15) is 17.4 Å². The highest BCUT2D eigenvalue weighted by atomic mass is 35.5. The monoisotopic (exact) mass is 452 g/mol. The molecule has 0 aliphatic rings. The van der Waals surface area contributed by atoms with Crippen LogP contribution in [0.5, 0.6) is 5.75 Å². The van der Waals surface area contributed by atoms with Crippen molar-refractivity contribution in [3.63, 3.8) is 0 Å². The molecule has 4 nitrogen and oxygen atoms in total. The number of benzene rings is 2. The van der Waals surface area contributed by atoms with Gasteiger partial charge in [-0.25, -0.2) is 4.98 Å². The highest BCUT2D eigenvalue weighted by molar-refractivity contribution is 8.00. The SMILES string of the molecule is O=C(CSc1ncc(C(F)(F)F)cc1Cl)Nc1ccc(OCc2ccccc2)cc1. The number of carbonyl (C=O) groups excluding carboxylic acids is 1. The summed E-state index contributed by atoms with van der Waals surface area (Å²) >= 11 is 6.80. The van der Waals surface area contributed by atoms with Crippen molar-refractivity contribution in [3.05, 3.63) is 83.0 Å². The molecule has 0 saturated heterocycles. The molecular formula is C21H16ClF3N2O2S. The van der Waals surface area contributed by atoms with Gasteiger partial charge in [0.2, 0.25) is 5.91 Å². The third-order valence-electron chi connectivity index (χ3n) is 3.86. The van der Waals surface area contributed by atoms with Crippen LogP contribution in [-0.4, -0.2) is 16.6 Å². The standard InChI is InChI=1S/C21H16ClF3N2O2S/c22-18-10-15(21(23,24)25)11-26-20(18)30-13-19(28)27-16-6-8-17(9-7-16)29-12-14-4-2-1-3-5-14/h1-11H,12-13H2,(H,27,28). The van der Waals surface area contributed by atoms with E-state index >= 15 is 0 Å². The molecule has 0 unspecified atom stereocenters. The van der Waals surface area contributed by atoms with E-state index in [1.807, 2.05) is 30.3 Å². The number of carbonyl (C=O) groups is 1. The van der Waals surface area contributed by atoms with Crippen LogP contribution in [0.25, 0.3) is 0 Å². The van der Waals surface area contributed by atoms with Gasteiger partial charge in [0.15, 0.2) is 0 Å². The van der Waals surface area contributed by atoms with Crippen LogP contribution in [0.15, 0.2) is 71.9 Å². The Morgan fingerprint density at radius 2 is 1.80 bits per heavy atom. The van der Waals surface area contributed by atoms with Gasteiger partial charge < -0.3 is 10.1 Å². The Bertz CT molecular complexity index is 999. The van der Waals surface area contributed by atoms with Gasteiger partial charge >= 0.3 is 6.18 Å². The fourth-order valence-electron chi connectivity index (χ4n) is 2.39. The van der Waals surface area contributed by atoms with Crippen LogP contribution in [0.1, 0.15) is 11.1 Å². The first-order valence-corrected chi connectivity index (χ1v) is 10.1. The second-order valence-corrected chi connectivity index (χ2v) is 7.52. The third-order valence-corrected chi connectivity index (χ3v) is 5.27. The van der Waals surface area contributed by atoms with Crippen LogP contribution in [-0.2, 0) is 17.6 Å². The molecule has 156 valence electrons. The lowest BCUT2D eigenvalue weighted by molar-refractivity contribution is -0.137. The largest absolute Gasteiger partial charge is 0.489 e. The number of nitrogens with one attached hydrogen (secondary N) is 1. The van der Waals surface area contributed by atoms with Crippen molar-refractivity contribution in [2.45, 2.75) is 17.8 Å². The predicted molar refractivity (Wildman–Crippen MR) is 111 cm³/mol. The summed E-state index contributed by atoms with van der Waals surface area (Å²) < 4.78 is 43.6. The fraction of sp³-hybridized carbons (Fsp3) is 0.143. The number of hydrogen-bond acceptors (Lipinski definition) is 4. The molecule has 1 heterocycles. The van der Waals surface area contributed by atoms with Crippen molar-refractivity contribution in [3.8, 4) is 5.75 Å². The van der Waals surface area contributed by atoms with Crippen LogP contribution in [0.2, 0.25) is 5.02 Å². The number of nitrogens with zero attached hydrogens (tertiary/aromatic N) is 1. The molecule has 1 amide bonds. The molecule has 1 aromatic heterocycles. The van der Waals surface area contributed by atoms with Crippen molar-refractivity contribution in [1.82, 2.24) is 4.98 Å². The second-order valence-electron chi connectivity index (χ2n) is 6.14. The normalized spacial score (nSPS) is 11.2. The average Bonchev–Trinajstić information content (AvgIpc) is 2.72. The van der Waals surface area contributed by atoms with Gasteiger partial charge in [-0.1, -0.05) is 53.7 Å². The molecule has 0 saturated carbocycles. The van der Waals surface area contributed by atoms with Crippen molar-refractivity contribution >= 4 is 35.0 Å². The lowest BCUT2D eigenvalue weighted by Crippen LogP contribution is -2.14. The van der Waals surface area contributed by atoms with E-state index < -0.39 is 11.7 Å². The maximum absolute atomic E-state index is 12.6. The maximum atomic E-state index is 12.6. The number of pyridine rings is 1. The summed E-state index contributed by atoms with van der Waals surface area (Å²) in [4.78, 5) is 15.8. The molecule has 30 heavy (non-hydrogen) atoms. The van der Waals surface area contributed by atoms with E-state index in [1.165, 1.54) is 0 Å². The van der Waals surface area contributed by atoms with E-state index in [0.717, 1.165) is 23.4 Å². The summed E-state index contributed by atoms with van der Waals surface area (Å²) in [6.45, 7) is 0.435. The first kappa shape index (κ1) is 22.0. The van der Waals surface area contributed by atoms with Crippen molar-refractivity contribution < 1.29 is 22.7 Å². The summed E-state index contributed by atoms with van der Waals surface area (Å²) in [5.41, 5.74) is 0.678. The smallest absolute Gasteiger partial charge is 0.417 e. The molecule has 0 radical (unpaired) electrons. The second kappa shape index (κ2) is 9.86. The number of halogens is 4. The highest BCUT2D eigenvalue weighted by Crippen LogP contribution is 2.33. The third kappa shape index (κ3) is 6.40. The maximum Gasteiger partial charge on any atom is 0.417 e. The van der Waals surface area contributed by atoms with E-state index in [0.29, 0.717) is 24.2 Å². The number of aromatic nitrogens is 1. The summed E-state index contributed by atoms with van der Waals surface area (Å²) in [5.74, 6) is 0.271. The van der Waals surface area contributed by atoms with Crippen molar-refractivity contribution in [1.29, 1.82) is 0 Å². The Morgan fingerprint density at radius 1 is 1.10 bits per heavy atom. The van der Waals surface area contributed by atoms with Crippen molar-refractivity contribution in [2.24, 2.45) is 0 Å². The Morgan fingerprint density at radius 3 is 2.43 bits per heavy atom. The Balaban J connectivity index is 1.49. The lowest BCUT2D eigenvalue weighted by Gasteiger charge is -2.10. The van der Waals surface area contributed by atoms with Gasteiger partial charge in [0.05, 0.1) is 16.3 Å². The Hall–Kier alpha value is -2.71. The van der Waals surface area contributed by atoms with E-state index in [9.17, 15) is 18.0 Å². The lowest BCUT2D eigenvalue weighted by atomic mass is 10.2. The number of ether oxygens (including phenoxy) is 1. The minimum Gasteiger partial charge on any atom is -0.489 e. The molecule has 3 aromatic rings. The number of thioether (sulfide) groups is 1. The van der Waals surface area contributed by atoms with Crippen LogP contribution in [0, 0.1) is 0 Å². The molecule has 9 heteroatoms. The summed E-state index contributed by atoms with van der Waals surface area (Å²) in [7, 11) is 0. The van der Waals surface area contributed by atoms with Crippen LogP contribution < -0.4 is 10.1 Å². The zero-order chi connectivity index (χ0) is 21.6. The van der Waals surface area contributed by atoms with Crippen molar-refractivity contribution in [2.75, 3.05) is 11.1 Å². The van der Waals surface area contributed by atoms with Gasteiger partial charge in [-0.3, -0.25) is 4.79 Å². The van der Waals surface area contributed by atoms with Crippen LogP contribution in [0.3, 0.4) is 0 Å². The number of amides is 1. The molecule has 0 spiro atoms. The number of rotatable bonds is 7. The zero-order valence-electron chi connectivity index (χ0n) is 15.4. The molecule has 0 fully saturated rings. The first-order chi connectivity index (χ1) is 14.3. The van der Waals surface area contributed by atoms with E-state index in [1.54, 1.807) is 24.3 Å². The highest BCUT2D eigenvalue weighted by Gasteiger charge is 2.31. The fourth-order valence-corrected chi connectivity index (χ4v) is 3.39. The Labute approximate surface area is 180 Å². The first-order valence-electron chi connectivity index (χ1n) is 8.73.